The maximum Gasteiger partial charge on any atom is 0.419 e. The van der Waals surface area contributed by atoms with Crippen molar-refractivity contribution >= 4 is 0 Å². The van der Waals surface area contributed by atoms with Crippen molar-refractivity contribution in [1.29, 1.82) is 0 Å². The largest absolute Gasteiger partial charge is 0.419 e. The lowest BCUT2D eigenvalue weighted by atomic mass is 9.95. The summed E-state index contributed by atoms with van der Waals surface area (Å²) in [5.41, 5.74) is 6.94. The highest BCUT2D eigenvalue weighted by atomic mass is 19.4. The summed E-state index contributed by atoms with van der Waals surface area (Å²) in [4.78, 5) is 0. The molecule has 0 saturated heterocycles. The predicted molar refractivity (Wildman–Crippen MR) is 73.2 cm³/mol. The van der Waals surface area contributed by atoms with Gasteiger partial charge in [0.25, 0.3) is 0 Å². The van der Waals surface area contributed by atoms with Crippen LogP contribution in [-0.4, -0.2) is 0 Å². The highest BCUT2D eigenvalue weighted by molar-refractivity contribution is 5.32. The molecule has 0 radical (unpaired) electrons. The zero-order valence-corrected chi connectivity index (χ0v) is 11.4. The van der Waals surface area contributed by atoms with Crippen LogP contribution in [0.25, 0.3) is 0 Å². The number of hydrogen-bond acceptors (Lipinski definition) is 1. The van der Waals surface area contributed by atoms with Crippen LogP contribution >= 0.6 is 0 Å². The summed E-state index contributed by atoms with van der Waals surface area (Å²) in [5, 5.41) is 0. The SMILES string of the molecule is Cc1ccccc1CC(N)c1ccc(F)c(C(F)(F)F)c1. The molecule has 1 unspecified atom stereocenters. The zero-order chi connectivity index (χ0) is 15.6. The van der Waals surface area contributed by atoms with Crippen LogP contribution in [-0.2, 0) is 12.6 Å². The van der Waals surface area contributed by atoms with Crippen molar-refractivity contribution in [3.05, 3.63) is 70.5 Å². The summed E-state index contributed by atoms with van der Waals surface area (Å²) in [6.07, 6.45) is -4.32. The van der Waals surface area contributed by atoms with Crippen LogP contribution in [0.5, 0.6) is 0 Å². The van der Waals surface area contributed by atoms with Gasteiger partial charge in [-0.1, -0.05) is 30.3 Å². The molecule has 1 nitrogen and oxygen atoms in total. The summed E-state index contributed by atoms with van der Waals surface area (Å²) in [6.45, 7) is 1.91. The molecule has 1 atom stereocenters. The number of halogens is 4. The Morgan fingerprint density at radius 1 is 1.10 bits per heavy atom. The first-order valence-corrected chi connectivity index (χ1v) is 6.46. The van der Waals surface area contributed by atoms with Crippen LogP contribution in [0.4, 0.5) is 17.6 Å². The van der Waals surface area contributed by atoms with Crippen LogP contribution in [0, 0.1) is 12.7 Å². The van der Waals surface area contributed by atoms with E-state index in [1.54, 1.807) is 0 Å². The fourth-order valence-corrected chi connectivity index (χ4v) is 2.18. The second-order valence-electron chi connectivity index (χ2n) is 4.97. The monoisotopic (exact) mass is 297 g/mol. The van der Waals surface area contributed by atoms with Gasteiger partial charge in [0, 0.05) is 6.04 Å². The van der Waals surface area contributed by atoms with Gasteiger partial charge < -0.3 is 5.73 Å². The van der Waals surface area contributed by atoms with Crippen molar-refractivity contribution in [2.24, 2.45) is 5.73 Å². The van der Waals surface area contributed by atoms with E-state index in [1.165, 1.54) is 6.07 Å². The van der Waals surface area contributed by atoms with Gasteiger partial charge in [-0.05, 0) is 42.2 Å². The van der Waals surface area contributed by atoms with Gasteiger partial charge in [0.2, 0.25) is 0 Å². The van der Waals surface area contributed by atoms with E-state index < -0.39 is 23.6 Å². The molecule has 0 spiro atoms. The Kier molecular flexibility index (Phi) is 4.32. The fraction of sp³-hybridized carbons (Fsp3) is 0.250. The average Bonchev–Trinajstić information content (AvgIpc) is 2.40. The summed E-state index contributed by atoms with van der Waals surface area (Å²) in [6, 6.07) is 9.80. The van der Waals surface area contributed by atoms with Gasteiger partial charge >= 0.3 is 6.18 Å². The number of aryl methyl sites for hydroxylation is 1. The lowest BCUT2D eigenvalue weighted by Gasteiger charge is -2.16. The number of alkyl halides is 3. The topological polar surface area (TPSA) is 26.0 Å². The van der Waals surface area contributed by atoms with E-state index >= 15 is 0 Å². The Labute approximate surface area is 120 Å². The summed E-state index contributed by atoms with van der Waals surface area (Å²) >= 11 is 0. The van der Waals surface area contributed by atoms with Crippen LogP contribution in [0.1, 0.15) is 28.3 Å². The minimum atomic E-state index is -4.72. The van der Waals surface area contributed by atoms with Gasteiger partial charge in [-0.25, -0.2) is 4.39 Å². The zero-order valence-electron chi connectivity index (χ0n) is 11.4. The normalized spacial score (nSPS) is 13.2. The Hall–Kier alpha value is -1.88. The predicted octanol–water partition coefficient (Wildman–Crippen LogP) is 4.40. The Balaban J connectivity index is 2.28. The second-order valence-corrected chi connectivity index (χ2v) is 4.97. The molecule has 2 N–H and O–H groups in total. The van der Waals surface area contributed by atoms with E-state index in [9.17, 15) is 17.6 Å². The Morgan fingerprint density at radius 2 is 1.76 bits per heavy atom. The van der Waals surface area contributed by atoms with E-state index in [1.807, 2.05) is 31.2 Å². The minimum absolute atomic E-state index is 0.270. The summed E-state index contributed by atoms with van der Waals surface area (Å²) < 4.78 is 51.4. The molecule has 0 aliphatic rings. The van der Waals surface area contributed by atoms with Crippen LogP contribution in [0.15, 0.2) is 42.5 Å². The molecule has 2 aromatic rings. The van der Waals surface area contributed by atoms with Crippen molar-refractivity contribution in [2.75, 3.05) is 0 Å². The standard InChI is InChI=1S/C16H15F4N/c1-10-4-2-3-5-11(10)9-15(21)12-6-7-14(17)13(8-12)16(18,19)20/h2-8,15H,9,21H2,1H3. The molecule has 112 valence electrons. The van der Waals surface area contributed by atoms with Gasteiger partial charge in [-0.2, -0.15) is 13.2 Å². The quantitative estimate of drug-likeness (QED) is 0.835. The number of benzene rings is 2. The highest BCUT2D eigenvalue weighted by Crippen LogP contribution is 2.33. The maximum atomic E-state index is 13.3. The minimum Gasteiger partial charge on any atom is -0.324 e. The van der Waals surface area contributed by atoms with E-state index in [-0.39, 0.29) is 5.56 Å². The first-order chi connectivity index (χ1) is 9.79. The van der Waals surface area contributed by atoms with Gasteiger partial charge in [0.1, 0.15) is 5.82 Å². The molecule has 2 aromatic carbocycles. The maximum absolute atomic E-state index is 13.3. The fourth-order valence-electron chi connectivity index (χ4n) is 2.18. The molecular weight excluding hydrogens is 282 g/mol. The molecule has 5 heteroatoms. The first-order valence-electron chi connectivity index (χ1n) is 6.46. The third-order valence-electron chi connectivity index (χ3n) is 3.43. The molecule has 0 aliphatic carbocycles. The molecule has 0 aliphatic heterocycles. The lowest BCUT2D eigenvalue weighted by Crippen LogP contribution is -2.16. The lowest BCUT2D eigenvalue weighted by molar-refractivity contribution is -0.140. The Bertz CT molecular complexity index is 634. The smallest absolute Gasteiger partial charge is 0.324 e. The molecule has 0 amide bonds. The second kappa shape index (κ2) is 5.85. The van der Waals surface area contributed by atoms with Crippen molar-refractivity contribution in [3.63, 3.8) is 0 Å². The van der Waals surface area contributed by atoms with Gasteiger partial charge in [0.05, 0.1) is 5.56 Å². The van der Waals surface area contributed by atoms with E-state index in [4.69, 9.17) is 5.73 Å². The van der Waals surface area contributed by atoms with E-state index in [2.05, 4.69) is 0 Å². The molecule has 0 aromatic heterocycles. The third-order valence-corrected chi connectivity index (χ3v) is 3.43. The Morgan fingerprint density at radius 3 is 2.38 bits per heavy atom. The molecule has 0 fully saturated rings. The first kappa shape index (κ1) is 15.5. The molecule has 0 bridgehead atoms. The number of hydrogen-bond donors (Lipinski definition) is 1. The summed E-state index contributed by atoms with van der Waals surface area (Å²) in [7, 11) is 0. The summed E-state index contributed by atoms with van der Waals surface area (Å²) in [5.74, 6) is -1.28. The van der Waals surface area contributed by atoms with Gasteiger partial charge in [0.15, 0.2) is 0 Å². The van der Waals surface area contributed by atoms with Crippen molar-refractivity contribution in [1.82, 2.24) is 0 Å². The average molecular weight is 297 g/mol. The van der Waals surface area contributed by atoms with Crippen LogP contribution < -0.4 is 5.73 Å². The number of nitrogens with two attached hydrogens (primary N) is 1. The molecule has 0 saturated carbocycles. The van der Waals surface area contributed by atoms with Crippen molar-refractivity contribution in [3.8, 4) is 0 Å². The molecule has 0 heterocycles. The van der Waals surface area contributed by atoms with Crippen LogP contribution in [0.2, 0.25) is 0 Å². The van der Waals surface area contributed by atoms with E-state index in [0.717, 1.165) is 23.3 Å². The highest BCUT2D eigenvalue weighted by Gasteiger charge is 2.34. The van der Waals surface area contributed by atoms with Crippen LogP contribution in [0.3, 0.4) is 0 Å². The molecule has 2 rings (SSSR count). The van der Waals surface area contributed by atoms with Gasteiger partial charge in [-0.3, -0.25) is 0 Å². The van der Waals surface area contributed by atoms with E-state index in [0.29, 0.717) is 6.42 Å². The number of rotatable bonds is 3. The molecular formula is C16H15F4N. The van der Waals surface area contributed by atoms with Crippen molar-refractivity contribution in [2.45, 2.75) is 25.6 Å². The third kappa shape index (κ3) is 3.61. The van der Waals surface area contributed by atoms with Crippen molar-refractivity contribution < 1.29 is 17.6 Å². The molecule has 21 heavy (non-hydrogen) atoms. The van der Waals surface area contributed by atoms with Gasteiger partial charge in [-0.15, -0.1) is 0 Å².